The van der Waals surface area contributed by atoms with E-state index in [1.807, 2.05) is 30.3 Å². The van der Waals surface area contributed by atoms with Crippen molar-refractivity contribution in [2.24, 2.45) is 11.5 Å². The van der Waals surface area contributed by atoms with E-state index < -0.39 is 24.1 Å². The molecule has 98 valence electrons. The van der Waals surface area contributed by atoms with Crippen LogP contribution in [0.3, 0.4) is 0 Å². The number of carbonyl (C=O) groups is 2. The maximum absolute atomic E-state index is 11.7. The van der Waals surface area contributed by atoms with Crippen LogP contribution in [0.25, 0.3) is 0 Å². The predicted octanol–water partition coefficient (Wildman–Crippen LogP) is 0.114. The lowest BCUT2D eigenvalue weighted by atomic mass is 10.1. The van der Waals surface area contributed by atoms with Crippen LogP contribution in [-0.4, -0.2) is 24.1 Å². The van der Waals surface area contributed by atoms with Crippen LogP contribution in [0.4, 0.5) is 4.79 Å². The van der Waals surface area contributed by atoms with Crippen molar-refractivity contribution < 1.29 is 14.3 Å². The van der Waals surface area contributed by atoms with E-state index in [4.69, 9.17) is 11.5 Å². The van der Waals surface area contributed by atoms with Crippen LogP contribution in [-0.2, 0) is 16.1 Å². The number of rotatable bonds is 5. The quantitative estimate of drug-likeness (QED) is 0.690. The molecule has 2 atom stereocenters. The number of primary amides is 1. The summed E-state index contributed by atoms with van der Waals surface area (Å²) in [5.74, 6) is -0.396. The number of ether oxygens (including phenoxy) is 1. The Hall–Kier alpha value is -2.08. The third kappa shape index (κ3) is 4.42. The molecule has 0 radical (unpaired) electrons. The molecule has 6 heteroatoms. The number of benzene rings is 1. The van der Waals surface area contributed by atoms with Crippen LogP contribution in [0.2, 0.25) is 0 Å². The van der Waals surface area contributed by atoms with E-state index >= 15 is 0 Å². The summed E-state index contributed by atoms with van der Waals surface area (Å²) in [6, 6.07) is 8.46. The minimum Gasteiger partial charge on any atom is -0.444 e. The fraction of sp³-hybridized carbons (Fsp3) is 0.333. The van der Waals surface area contributed by atoms with Crippen molar-refractivity contribution in [3.05, 3.63) is 35.9 Å². The molecule has 0 fully saturated rings. The van der Waals surface area contributed by atoms with Gasteiger partial charge in [0.15, 0.2) is 0 Å². The summed E-state index contributed by atoms with van der Waals surface area (Å²) in [6.45, 7) is 1.88. The van der Waals surface area contributed by atoms with Gasteiger partial charge in [0, 0.05) is 6.54 Å². The second-order valence-electron chi connectivity index (χ2n) is 3.87. The lowest BCUT2D eigenvalue weighted by Crippen LogP contribution is -2.48. The molecule has 0 spiro atoms. The fourth-order valence-electron chi connectivity index (χ4n) is 1.37. The Labute approximate surface area is 105 Å². The van der Waals surface area contributed by atoms with Crippen LogP contribution in [0.1, 0.15) is 12.5 Å². The molecule has 6 nitrogen and oxygen atoms in total. The van der Waals surface area contributed by atoms with Crippen molar-refractivity contribution in [2.45, 2.75) is 25.6 Å². The standard InChI is InChI=1S/C12H17N3O3/c1-8(18-12(14)17)10(13)11(16)15-7-9-5-3-2-4-6-9/h2-6,8,10H,7,13H2,1H3,(H2,14,17)(H,15,16)/t8?,10-/m0/s1. The van der Waals surface area contributed by atoms with Crippen LogP contribution >= 0.6 is 0 Å². The molecule has 0 aliphatic rings. The molecule has 2 amide bonds. The number of amides is 2. The van der Waals surface area contributed by atoms with E-state index in [1.165, 1.54) is 6.92 Å². The summed E-state index contributed by atoms with van der Waals surface area (Å²) >= 11 is 0. The summed E-state index contributed by atoms with van der Waals surface area (Å²) < 4.78 is 4.64. The maximum Gasteiger partial charge on any atom is 0.404 e. The molecule has 1 aromatic rings. The Morgan fingerprint density at radius 3 is 2.50 bits per heavy atom. The van der Waals surface area contributed by atoms with Crippen molar-refractivity contribution in [1.29, 1.82) is 0 Å². The first-order valence-electron chi connectivity index (χ1n) is 5.54. The highest BCUT2D eigenvalue weighted by molar-refractivity contribution is 5.82. The number of hydrogen-bond acceptors (Lipinski definition) is 4. The largest absolute Gasteiger partial charge is 0.444 e. The minimum atomic E-state index is -0.950. The summed E-state index contributed by atoms with van der Waals surface area (Å²) in [6.07, 6.45) is -1.72. The van der Waals surface area contributed by atoms with Crippen molar-refractivity contribution in [2.75, 3.05) is 0 Å². The molecular weight excluding hydrogens is 234 g/mol. The van der Waals surface area contributed by atoms with Gasteiger partial charge in [-0.05, 0) is 12.5 Å². The molecule has 1 rings (SSSR count). The predicted molar refractivity (Wildman–Crippen MR) is 66.4 cm³/mol. The van der Waals surface area contributed by atoms with Gasteiger partial charge >= 0.3 is 6.09 Å². The average Bonchev–Trinajstić information content (AvgIpc) is 2.35. The molecule has 0 aliphatic heterocycles. The maximum atomic E-state index is 11.7. The number of nitrogens with two attached hydrogens (primary N) is 2. The van der Waals surface area contributed by atoms with Gasteiger partial charge < -0.3 is 21.5 Å². The average molecular weight is 251 g/mol. The molecule has 0 saturated carbocycles. The molecule has 0 aromatic heterocycles. The molecule has 1 aromatic carbocycles. The first-order valence-corrected chi connectivity index (χ1v) is 5.54. The second kappa shape index (κ2) is 6.61. The third-order valence-corrected chi connectivity index (χ3v) is 2.42. The second-order valence-corrected chi connectivity index (χ2v) is 3.87. The van der Waals surface area contributed by atoms with Crippen molar-refractivity contribution in [3.63, 3.8) is 0 Å². The van der Waals surface area contributed by atoms with Gasteiger partial charge in [0.1, 0.15) is 12.1 Å². The van der Waals surface area contributed by atoms with E-state index in [1.54, 1.807) is 0 Å². The van der Waals surface area contributed by atoms with E-state index in [9.17, 15) is 9.59 Å². The Morgan fingerprint density at radius 1 is 1.33 bits per heavy atom. The van der Waals surface area contributed by atoms with Crippen LogP contribution in [0.5, 0.6) is 0 Å². The first-order chi connectivity index (χ1) is 8.50. The number of carbonyl (C=O) groups excluding carboxylic acids is 2. The SMILES string of the molecule is CC(OC(N)=O)[C@H](N)C(=O)NCc1ccccc1. The highest BCUT2D eigenvalue weighted by Crippen LogP contribution is 2.00. The van der Waals surface area contributed by atoms with E-state index in [-0.39, 0.29) is 0 Å². The summed E-state index contributed by atoms with van der Waals surface area (Å²) in [5.41, 5.74) is 11.4. The smallest absolute Gasteiger partial charge is 0.404 e. The Bertz CT molecular complexity index is 408. The molecule has 1 unspecified atom stereocenters. The number of hydrogen-bond donors (Lipinski definition) is 3. The highest BCUT2D eigenvalue weighted by Gasteiger charge is 2.23. The third-order valence-electron chi connectivity index (χ3n) is 2.42. The molecule has 18 heavy (non-hydrogen) atoms. The van der Waals surface area contributed by atoms with Crippen molar-refractivity contribution in [3.8, 4) is 0 Å². The van der Waals surface area contributed by atoms with E-state index in [0.29, 0.717) is 6.54 Å². The zero-order valence-corrected chi connectivity index (χ0v) is 10.1. The van der Waals surface area contributed by atoms with E-state index in [0.717, 1.165) is 5.56 Å². The molecular formula is C12H17N3O3. The van der Waals surface area contributed by atoms with Crippen LogP contribution in [0, 0.1) is 0 Å². The zero-order valence-electron chi connectivity index (χ0n) is 10.1. The monoisotopic (exact) mass is 251 g/mol. The molecule has 0 heterocycles. The van der Waals surface area contributed by atoms with E-state index in [2.05, 4.69) is 10.1 Å². The van der Waals surface area contributed by atoms with Gasteiger partial charge in [-0.15, -0.1) is 0 Å². The molecule has 0 saturated heterocycles. The van der Waals surface area contributed by atoms with Gasteiger partial charge in [0.25, 0.3) is 0 Å². The lowest BCUT2D eigenvalue weighted by Gasteiger charge is -2.18. The summed E-state index contributed by atoms with van der Waals surface area (Å²) in [5, 5.41) is 2.66. The first kappa shape index (κ1) is 14.0. The fourth-order valence-corrected chi connectivity index (χ4v) is 1.37. The topological polar surface area (TPSA) is 107 Å². The summed E-state index contributed by atoms with van der Waals surface area (Å²) in [4.78, 5) is 22.2. The van der Waals surface area contributed by atoms with Gasteiger partial charge in [0.05, 0.1) is 0 Å². The lowest BCUT2D eigenvalue weighted by molar-refractivity contribution is -0.124. The van der Waals surface area contributed by atoms with Gasteiger partial charge in [0.2, 0.25) is 5.91 Å². The molecule has 5 N–H and O–H groups in total. The van der Waals surface area contributed by atoms with Gasteiger partial charge in [-0.3, -0.25) is 4.79 Å². The molecule has 0 aliphatic carbocycles. The van der Waals surface area contributed by atoms with Crippen LogP contribution in [0.15, 0.2) is 30.3 Å². The summed E-state index contributed by atoms with van der Waals surface area (Å²) in [7, 11) is 0. The Morgan fingerprint density at radius 2 is 1.94 bits per heavy atom. The van der Waals surface area contributed by atoms with Gasteiger partial charge in [-0.1, -0.05) is 30.3 Å². The number of nitrogens with one attached hydrogen (secondary N) is 1. The Balaban J connectivity index is 2.43. The zero-order chi connectivity index (χ0) is 13.5. The van der Waals surface area contributed by atoms with Gasteiger partial charge in [-0.25, -0.2) is 4.79 Å². The highest BCUT2D eigenvalue weighted by atomic mass is 16.6. The Kier molecular flexibility index (Phi) is 5.13. The molecule has 0 bridgehead atoms. The van der Waals surface area contributed by atoms with Crippen molar-refractivity contribution >= 4 is 12.0 Å². The van der Waals surface area contributed by atoms with Crippen molar-refractivity contribution in [1.82, 2.24) is 5.32 Å². The minimum absolute atomic E-state index is 0.372. The van der Waals surface area contributed by atoms with Gasteiger partial charge in [-0.2, -0.15) is 0 Å². The van der Waals surface area contributed by atoms with Crippen LogP contribution < -0.4 is 16.8 Å². The normalized spacial score (nSPS) is 13.4.